The molecule has 0 bridgehead atoms. The summed E-state index contributed by atoms with van der Waals surface area (Å²) in [6.45, 7) is 6.93. The second-order valence-corrected chi connectivity index (χ2v) is 3.70. The average molecular weight is 216 g/mol. The number of hydrogen-bond donors (Lipinski definition) is 0. The molecule has 0 saturated heterocycles. The van der Waals surface area contributed by atoms with E-state index in [2.05, 4.69) is 6.92 Å². The Morgan fingerprint density at radius 2 is 1.87 bits per heavy atom. The lowest BCUT2D eigenvalue weighted by atomic mass is 10.1. The standard InChI is InChI=1S/C12H24O3/c1-4-6-8-12(14-5-2)9-7-10-15-11(3)13/h12H,4-10H2,1-3H3. The van der Waals surface area contributed by atoms with Gasteiger partial charge >= 0.3 is 5.97 Å². The first-order valence-corrected chi connectivity index (χ1v) is 5.95. The van der Waals surface area contributed by atoms with Crippen molar-refractivity contribution in [3.05, 3.63) is 0 Å². The molecule has 0 aliphatic carbocycles. The van der Waals surface area contributed by atoms with Crippen molar-refractivity contribution in [3.8, 4) is 0 Å². The van der Waals surface area contributed by atoms with E-state index >= 15 is 0 Å². The molecule has 90 valence electrons. The summed E-state index contributed by atoms with van der Waals surface area (Å²) in [5.74, 6) is -0.198. The zero-order chi connectivity index (χ0) is 11.5. The molecule has 0 aromatic rings. The van der Waals surface area contributed by atoms with Gasteiger partial charge in [-0.3, -0.25) is 4.79 Å². The van der Waals surface area contributed by atoms with Gasteiger partial charge in [0.05, 0.1) is 12.7 Å². The smallest absolute Gasteiger partial charge is 0.302 e. The molecule has 15 heavy (non-hydrogen) atoms. The maximum absolute atomic E-state index is 10.5. The van der Waals surface area contributed by atoms with Gasteiger partial charge in [0.15, 0.2) is 0 Å². The van der Waals surface area contributed by atoms with E-state index in [4.69, 9.17) is 9.47 Å². The van der Waals surface area contributed by atoms with Gasteiger partial charge in [0.25, 0.3) is 0 Å². The van der Waals surface area contributed by atoms with Gasteiger partial charge in [-0.25, -0.2) is 0 Å². The molecule has 1 unspecified atom stereocenters. The topological polar surface area (TPSA) is 35.5 Å². The molecule has 0 rings (SSSR count). The highest BCUT2D eigenvalue weighted by Crippen LogP contribution is 2.11. The van der Waals surface area contributed by atoms with E-state index in [9.17, 15) is 4.79 Å². The van der Waals surface area contributed by atoms with E-state index < -0.39 is 0 Å². The fraction of sp³-hybridized carbons (Fsp3) is 0.917. The molecule has 3 nitrogen and oxygen atoms in total. The number of hydrogen-bond acceptors (Lipinski definition) is 3. The lowest BCUT2D eigenvalue weighted by Crippen LogP contribution is -2.14. The molecule has 0 saturated carbocycles. The third-order valence-electron chi connectivity index (χ3n) is 2.26. The van der Waals surface area contributed by atoms with Crippen LogP contribution in [0.5, 0.6) is 0 Å². The third-order valence-corrected chi connectivity index (χ3v) is 2.26. The van der Waals surface area contributed by atoms with Crippen LogP contribution in [0.15, 0.2) is 0 Å². The van der Waals surface area contributed by atoms with Crippen LogP contribution >= 0.6 is 0 Å². The van der Waals surface area contributed by atoms with Crippen molar-refractivity contribution in [1.29, 1.82) is 0 Å². The maximum Gasteiger partial charge on any atom is 0.302 e. The summed E-state index contributed by atoms with van der Waals surface area (Å²) in [4.78, 5) is 10.5. The molecular formula is C12H24O3. The molecule has 0 aromatic heterocycles. The second-order valence-electron chi connectivity index (χ2n) is 3.70. The Kier molecular flexibility index (Phi) is 9.59. The van der Waals surface area contributed by atoms with Crippen LogP contribution in [0.1, 0.15) is 52.9 Å². The molecule has 0 aromatic carbocycles. The van der Waals surface area contributed by atoms with Crippen LogP contribution < -0.4 is 0 Å². The van der Waals surface area contributed by atoms with Gasteiger partial charge in [-0.15, -0.1) is 0 Å². The minimum atomic E-state index is -0.198. The van der Waals surface area contributed by atoms with E-state index in [-0.39, 0.29) is 5.97 Å². The third kappa shape index (κ3) is 9.73. The van der Waals surface area contributed by atoms with E-state index in [1.807, 2.05) is 6.92 Å². The summed E-state index contributed by atoms with van der Waals surface area (Å²) >= 11 is 0. The zero-order valence-electron chi connectivity index (χ0n) is 10.3. The number of carbonyl (C=O) groups is 1. The molecule has 0 amide bonds. The Balaban J connectivity index is 3.51. The number of ether oxygens (including phenoxy) is 2. The lowest BCUT2D eigenvalue weighted by Gasteiger charge is -2.16. The quantitative estimate of drug-likeness (QED) is 0.439. The molecule has 0 fully saturated rings. The van der Waals surface area contributed by atoms with Crippen LogP contribution in [0.2, 0.25) is 0 Å². The van der Waals surface area contributed by atoms with Gasteiger partial charge in [0.1, 0.15) is 0 Å². The fourth-order valence-electron chi connectivity index (χ4n) is 1.51. The van der Waals surface area contributed by atoms with Gasteiger partial charge in [0, 0.05) is 13.5 Å². The molecule has 0 N–H and O–H groups in total. The van der Waals surface area contributed by atoms with Crippen molar-refractivity contribution in [1.82, 2.24) is 0 Å². The Morgan fingerprint density at radius 1 is 1.20 bits per heavy atom. The van der Waals surface area contributed by atoms with Crippen LogP contribution in [0, 0.1) is 0 Å². The van der Waals surface area contributed by atoms with Gasteiger partial charge in [-0.05, 0) is 26.2 Å². The Labute approximate surface area is 93.1 Å². The van der Waals surface area contributed by atoms with Gasteiger partial charge < -0.3 is 9.47 Å². The number of carbonyl (C=O) groups excluding carboxylic acids is 1. The molecule has 0 spiro atoms. The molecule has 0 aliphatic rings. The van der Waals surface area contributed by atoms with Crippen molar-refractivity contribution in [2.75, 3.05) is 13.2 Å². The molecule has 0 aliphatic heterocycles. The Bertz CT molecular complexity index is 157. The summed E-state index contributed by atoms with van der Waals surface area (Å²) < 4.78 is 10.5. The monoisotopic (exact) mass is 216 g/mol. The summed E-state index contributed by atoms with van der Waals surface area (Å²) in [6.07, 6.45) is 5.75. The second kappa shape index (κ2) is 9.97. The van der Waals surface area contributed by atoms with Crippen LogP contribution in [0.25, 0.3) is 0 Å². The van der Waals surface area contributed by atoms with Crippen molar-refractivity contribution in [2.24, 2.45) is 0 Å². The predicted molar refractivity (Wildman–Crippen MR) is 60.8 cm³/mol. The average Bonchev–Trinajstić information content (AvgIpc) is 2.20. The van der Waals surface area contributed by atoms with Gasteiger partial charge in [-0.1, -0.05) is 19.8 Å². The molecule has 0 heterocycles. The van der Waals surface area contributed by atoms with Crippen molar-refractivity contribution in [2.45, 2.75) is 59.0 Å². The summed E-state index contributed by atoms with van der Waals surface area (Å²) in [5, 5.41) is 0. The number of unbranched alkanes of at least 4 members (excludes halogenated alkanes) is 1. The summed E-state index contributed by atoms with van der Waals surface area (Å²) in [6, 6.07) is 0. The zero-order valence-corrected chi connectivity index (χ0v) is 10.3. The Morgan fingerprint density at radius 3 is 2.40 bits per heavy atom. The van der Waals surface area contributed by atoms with E-state index in [1.54, 1.807) is 0 Å². The number of rotatable bonds is 9. The van der Waals surface area contributed by atoms with Crippen molar-refractivity contribution < 1.29 is 14.3 Å². The fourth-order valence-corrected chi connectivity index (χ4v) is 1.51. The first-order chi connectivity index (χ1) is 7.20. The SMILES string of the molecule is CCCCC(CCCOC(C)=O)OCC. The lowest BCUT2D eigenvalue weighted by molar-refractivity contribution is -0.141. The molecular weight excluding hydrogens is 192 g/mol. The van der Waals surface area contributed by atoms with Crippen molar-refractivity contribution in [3.63, 3.8) is 0 Å². The predicted octanol–water partition coefficient (Wildman–Crippen LogP) is 2.93. The largest absolute Gasteiger partial charge is 0.466 e. The van der Waals surface area contributed by atoms with E-state index in [0.29, 0.717) is 12.7 Å². The number of esters is 1. The highest BCUT2D eigenvalue weighted by Gasteiger charge is 2.07. The normalized spacial score (nSPS) is 12.5. The summed E-state index contributed by atoms with van der Waals surface area (Å²) in [7, 11) is 0. The van der Waals surface area contributed by atoms with Gasteiger partial charge in [-0.2, -0.15) is 0 Å². The highest BCUT2D eigenvalue weighted by molar-refractivity contribution is 5.65. The maximum atomic E-state index is 10.5. The van der Waals surface area contributed by atoms with E-state index in [1.165, 1.54) is 19.8 Å². The first-order valence-electron chi connectivity index (χ1n) is 5.95. The molecule has 1 atom stereocenters. The van der Waals surface area contributed by atoms with Crippen LogP contribution in [0.3, 0.4) is 0 Å². The first kappa shape index (κ1) is 14.4. The van der Waals surface area contributed by atoms with Gasteiger partial charge in [0.2, 0.25) is 0 Å². The molecule has 0 radical (unpaired) electrons. The van der Waals surface area contributed by atoms with Crippen LogP contribution in [-0.2, 0) is 14.3 Å². The van der Waals surface area contributed by atoms with Crippen LogP contribution in [0.4, 0.5) is 0 Å². The molecule has 3 heteroatoms. The van der Waals surface area contributed by atoms with Crippen LogP contribution in [-0.4, -0.2) is 25.3 Å². The minimum absolute atomic E-state index is 0.198. The highest BCUT2D eigenvalue weighted by atomic mass is 16.5. The van der Waals surface area contributed by atoms with Crippen molar-refractivity contribution >= 4 is 5.97 Å². The minimum Gasteiger partial charge on any atom is -0.466 e. The Hall–Kier alpha value is -0.570. The van der Waals surface area contributed by atoms with E-state index in [0.717, 1.165) is 25.9 Å². The summed E-state index contributed by atoms with van der Waals surface area (Å²) in [5.41, 5.74) is 0.